The van der Waals surface area contributed by atoms with E-state index in [4.69, 9.17) is 4.74 Å². The molecule has 78 valence electrons. The first kappa shape index (κ1) is 11.5. The van der Waals surface area contributed by atoms with E-state index in [1.54, 1.807) is 0 Å². The number of hydrogen-bond acceptors (Lipinski definition) is 1. The van der Waals surface area contributed by atoms with Crippen molar-refractivity contribution in [3.63, 3.8) is 0 Å². The summed E-state index contributed by atoms with van der Waals surface area (Å²) in [5.41, 5.74) is 0.932. The molecule has 0 aliphatic carbocycles. The molecule has 0 radical (unpaired) electrons. The fraction of sp³-hybridized carbons (Fsp3) is 1.00. The standard InChI is InChI=1S/C11H21BrO/c1-10(2,9-12)8-11(3)4-6-13-7-5-11/h4-9H2,1-3H3. The van der Waals surface area contributed by atoms with Crippen LogP contribution < -0.4 is 0 Å². The molecule has 0 aromatic rings. The summed E-state index contributed by atoms with van der Waals surface area (Å²) in [5, 5.41) is 1.09. The fourth-order valence-corrected chi connectivity index (χ4v) is 2.44. The Morgan fingerprint density at radius 2 is 1.85 bits per heavy atom. The van der Waals surface area contributed by atoms with Gasteiger partial charge in [0, 0.05) is 18.5 Å². The molecule has 1 heterocycles. The van der Waals surface area contributed by atoms with E-state index in [1.807, 2.05) is 0 Å². The molecule has 0 atom stereocenters. The van der Waals surface area contributed by atoms with Crippen LogP contribution >= 0.6 is 15.9 Å². The first-order valence-electron chi connectivity index (χ1n) is 5.11. The van der Waals surface area contributed by atoms with Gasteiger partial charge in [0.2, 0.25) is 0 Å². The topological polar surface area (TPSA) is 9.23 Å². The van der Waals surface area contributed by atoms with E-state index in [2.05, 4.69) is 36.7 Å². The second kappa shape index (κ2) is 4.31. The van der Waals surface area contributed by atoms with Crippen molar-refractivity contribution >= 4 is 15.9 Å². The summed E-state index contributed by atoms with van der Waals surface area (Å²) in [5.74, 6) is 0. The first-order valence-corrected chi connectivity index (χ1v) is 6.23. The summed E-state index contributed by atoms with van der Waals surface area (Å²) >= 11 is 3.59. The van der Waals surface area contributed by atoms with Gasteiger partial charge in [0.05, 0.1) is 0 Å². The molecule has 1 saturated heterocycles. The maximum atomic E-state index is 5.40. The van der Waals surface area contributed by atoms with E-state index in [1.165, 1.54) is 19.3 Å². The number of rotatable bonds is 3. The smallest absolute Gasteiger partial charge is 0.0471 e. The Balaban J connectivity index is 2.49. The average molecular weight is 249 g/mol. The van der Waals surface area contributed by atoms with Gasteiger partial charge in [-0.05, 0) is 30.1 Å². The highest BCUT2D eigenvalue weighted by atomic mass is 79.9. The second-order valence-electron chi connectivity index (χ2n) is 5.40. The van der Waals surface area contributed by atoms with Crippen molar-refractivity contribution in [2.45, 2.75) is 40.0 Å². The summed E-state index contributed by atoms with van der Waals surface area (Å²) in [4.78, 5) is 0. The number of halogens is 1. The van der Waals surface area contributed by atoms with Gasteiger partial charge in [-0.1, -0.05) is 36.7 Å². The van der Waals surface area contributed by atoms with E-state index in [-0.39, 0.29) is 0 Å². The molecule has 2 heteroatoms. The minimum Gasteiger partial charge on any atom is -0.381 e. The molecule has 0 unspecified atom stereocenters. The maximum Gasteiger partial charge on any atom is 0.0471 e. The normalized spacial score (nSPS) is 23.1. The second-order valence-corrected chi connectivity index (χ2v) is 5.96. The van der Waals surface area contributed by atoms with Gasteiger partial charge in [-0.15, -0.1) is 0 Å². The minimum atomic E-state index is 0.423. The van der Waals surface area contributed by atoms with Crippen LogP contribution in [0.3, 0.4) is 0 Å². The highest BCUT2D eigenvalue weighted by Crippen LogP contribution is 2.41. The molecule has 0 bridgehead atoms. The van der Waals surface area contributed by atoms with Crippen molar-refractivity contribution in [2.75, 3.05) is 18.5 Å². The lowest BCUT2D eigenvalue weighted by molar-refractivity contribution is 0.00497. The van der Waals surface area contributed by atoms with Crippen LogP contribution in [0.4, 0.5) is 0 Å². The molecule has 0 aromatic heterocycles. The molecular weight excluding hydrogens is 228 g/mol. The van der Waals surface area contributed by atoms with Crippen molar-refractivity contribution < 1.29 is 4.74 Å². The lowest BCUT2D eigenvalue weighted by atomic mass is 9.71. The van der Waals surface area contributed by atoms with E-state index in [9.17, 15) is 0 Å². The molecule has 0 aromatic carbocycles. The minimum absolute atomic E-state index is 0.423. The lowest BCUT2D eigenvalue weighted by Crippen LogP contribution is -2.32. The van der Waals surface area contributed by atoms with E-state index in [0.717, 1.165) is 18.5 Å². The fourth-order valence-electron chi connectivity index (χ4n) is 2.24. The van der Waals surface area contributed by atoms with E-state index < -0.39 is 0 Å². The van der Waals surface area contributed by atoms with Gasteiger partial charge in [0.25, 0.3) is 0 Å². The van der Waals surface area contributed by atoms with Crippen LogP contribution in [0.15, 0.2) is 0 Å². The van der Waals surface area contributed by atoms with Crippen LogP contribution in [-0.4, -0.2) is 18.5 Å². The average Bonchev–Trinajstić information content (AvgIpc) is 2.04. The third kappa shape index (κ3) is 3.59. The van der Waals surface area contributed by atoms with Crippen LogP contribution in [0, 0.1) is 10.8 Å². The van der Waals surface area contributed by atoms with E-state index in [0.29, 0.717) is 10.8 Å². The zero-order valence-electron chi connectivity index (χ0n) is 9.03. The number of hydrogen-bond donors (Lipinski definition) is 0. The Hall–Kier alpha value is 0.440. The molecule has 1 nitrogen and oxygen atoms in total. The van der Waals surface area contributed by atoms with Crippen LogP contribution in [0.1, 0.15) is 40.0 Å². The first-order chi connectivity index (χ1) is 5.97. The quantitative estimate of drug-likeness (QED) is 0.694. The van der Waals surface area contributed by atoms with Crippen LogP contribution in [0.25, 0.3) is 0 Å². The molecule has 13 heavy (non-hydrogen) atoms. The Morgan fingerprint density at radius 3 is 2.31 bits per heavy atom. The zero-order valence-corrected chi connectivity index (χ0v) is 10.6. The van der Waals surface area contributed by atoms with Gasteiger partial charge in [-0.2, -0.15) is 0 Å². The van der Waals surface area contributed by atoms with Crippen LogP contribution in [-0.2, 0) is 4.74 Å². The molecule has 0 saturated carbocycles. The third-order valence-corrected chi connectivity index (χ3v) is 4.48. The van der Waals surface area contributed by atoms with Crippen molar-refractivity contribution in [3.8, 4) is 0 Å². The van der Waals surface area contributed by atoms with E-state index >= 15 is 0 Å². The summed E-state index contributed by atoms with van der Waals surface area (Å²) < 4.78 is 5.40. The Bertz CT molecular complexity index is 159. The van der Waals surface area contributed by atoms with Gasteiger partial charge < -0.3 is 4.74 Å². The van der Waals surface area contributed by atoms with Crippen molar-refractivity contribution in [2.24, 2.45) is 10.8 Å². The Kier molecular flexibility index (Phi) is 3.82. The highest BCUT2D eigenvalue weighted by molar-refractivity contribution is 9.09. The van der Waals surface area contributed by atoms with Gasteiger partial charge in [0.15, 0.2) is 0 Å². The molecule has 0 spiro atoms. The number of alkyl halides is 1. The molecular formula is C11H21BrO. The Morgan fingerprint density at radius 1 is 1.31 bits per heavy atom. The van der Waals surface area contributed by atoms with Gasteiger partial charge in [-0.3, -0.25) is 0 Å². The molecule has 1 rings (SSSR count). The SMILES string of the molecule is CC(C)(CBr)CC1(C)CCOCC1. The summed E-state index contributed by atoms with van der Waals surface area (Å²) in [7, 11) is 0. The zero-order chi connectivity index (χ0) is 9.95. The molecule has 1 aliphatic heterocycles. The predicted molar refractivity (Wildman–Crippen MR) is 60.4 cm³/mol. The molecule has 0 N–H and O–H groups in total. The van der Waals surface area contributed by atoms with Crippen LogP contribution in [0.5, 0.6) is 0 Å². The maximum absolute atomic E-state index is 5.40. The summed E-state index contributed by atoms with van der Waals surface area (Å²) in [6, 6.07) is 0. The van der Waals surface area contributed by atoms with Crippen molar-refractivity contribution in [1.82, 2.24) is 0 Å². The molecule has 1 fully saturated rings. The van der Waals surface area contributed by atoms with Gasteiger partial charge in [0.1, 0.15) is 0 Å². The van der Waals surface area contributed by atoms with Crippen molar-refractivity contribution in [3.05, 3.63) is 0 Å². The molecule has 0 amide bonds. The van der Waals surface area contributed by atoms with Crippen molar-refractivity contribution in [1.29, 1.82) is 0 Å². The summed E-state index contributed by atoms with van der Waals surface area (Å²) in [6.45, 7) is 8.98. The monoisotopic (exact) mass is 248 g/mol. The summed E-state index contributed by atoms with van der Waals surface area (Å²) in [6.07, 6.45) is 3.75. The largest absolute Gasteiger partial charge is 0.381 e. The third-order valence-electron chi connectivity index (χ3n) is 2.97. The number of ether oxygens (including phenoxy) is 1. The van der Waals surface area contributed by atoms with Crippen LogP contribution in [0.2, 0.25) is 0 Å². The lowest BCUT2D eigenvalue weighted by Gasteiger charge is -2.39. The highest BCUT2D eigenvalue weighted by Gasteiger charge is 2.33. The molecule has 1 aliphatic rings. The van der Waals surface area contributed by atoms with Gasteiger partial charge in [-0.25, -0.2) is 0 Å². The predicted octanol–water partition coefficient (Wildman–Crippen LogP) is 3.61. The Labute approximate surface area is 90.4 Å². The van der Waals surface area contributed by atoms with Gasteiger partial charge >= 0.3 is 0 Å².